The van der Waals surface area contributed by atoms with Gasteiger partial charge in [0.2, 0.25) is 0 Å². The fourth-order valence-electron chi connectivity index (χ4n) is 2.68. The van der Waals surface area contributed by atoms with Gasteiger partial charge in [-0.1, -0.05) is 12.1 Å². The first-order chi connectivity index (χ1) is 10.9. The lowest BCUT2D eigenvalue weighted by Crippen LogP contribution is -2.35. The number of aromatic nitrogens is 2. The first-order valence-corrected chi connectivity index (χ1v) is 7.47. The molecule has 7 heteroatoms. The molecule has 0 spiro atoms. The minimum Gasteiger partial charge on any atom is -0.339 e. The van der Waals surface area contributed by atoms with Gasteiger partial charge in [0.05, 0.1) is 5.69 Å². The van der Waals surface area contributed by atoms with E-state index in [-0.39, 0.29) is 11.6 Å². The number of carbonyl (C=O) groups is 1. The maximum absolute atomic E-state index is 12.6. The molecule has 122 valence electrons. The molecule has 1 aromatic heterocycles. The maximum Gasteiger partial charge on any atom is 0.432 e. The molecule has 1 saturated heterocycles. The second-order valence-electron chi connectivity index (χ2n) is 5.59. The third-order valence-electron chi connectivity index (χ3n) is 3.95. The van der Waals surface area contributed by atoms with Crippen molar-refractivity contribution in [2.45, 2.75) is 25.4 Å². The lowest BCUT2D eigenvalue weighted by atomic mass is 10.1. The SMILES string of the molecule is O=C(c1ccc(-c2cc(C(F)(F)F)[nH]n2)cc1)N1CCCCC1. The molecule has 4 nitrogen and oxygen atoms in total. The Morgan fingerprint density at radius 3 is 2.30 bits per heavy atom. The normalized spacial score (nSPS) is 15.7. The van der Waals surface area contributed by atoms with Crippen molar-refractivity contribution in [3.63, 3.8) is 0 Å². The van der Waals surface area contributed by atoms with Crippen LogP contribution in [0.25, 0.3) is 11.3 Å². The van der Waals surface area contributed by atoms with Gasteiger partial charge in [0, 0.05) is 24.2 Å². The molecule has 1 aliphatic rings. The second kappa shape index (κ2) is 6.06. The van der Waals surface area contributed by atoms with Crippen molar-refractivity contribution in [1.82, 2.24) is 15.1 Å². The number of amides is 1. The van der Waals surface area contributed by atoms with Crippen LogP contribution in [0.3, 0.4) is 0 Å². The van der Waals surface area contributed by atoms with Crippen LogP contribution in [0.5, 0.6) is 0 Å². The molecule has 1 aromatic carbocycles. The summed E-state index contributed by atoms with van der Waals surface area (Å²) in [7, 11) is 0. The van der Waals surface area contributed by atoms with Crippen molar-refractivity contribution in [2.24, 2.45) is 0 Å². The molecule has 1 N–H and O–H groups in total. The average Bonchev–Trinajstić information content (AvgIpc) is 3.05. The number of rotatable bonds is 2. The number of likely N-dealkylation sites (tertiary alicyclic amines) is 1. The highest BCUT2D eigenvalue weighted by atomic mass is 19.4. The predicted molar refractivity (Wildman–Crippen MR) is 78.8 cm³/mol. The Hall–Kier alpha value is -2.31. The van der Waals surface area contributed by atoms with E-state index >= 15 is 0 Å². The molecule has 2 heterocycles. The summed E-state index contributed by atoms with van der Waals surface area (Å²) in [5, 5.41) is 5.66. The molecule has 1 amide bonds. The smallest absolute Gasteiger partial charge is 0.339 e. The van der Waals surface area contributed by atoms with Gasteiger partial charge in [0.1, 0.15) is 5.69 Å². The largest absolute Gasteiger partial charge is 0.432 e. The lowest BCUT2D eigenvalue weighted by Gasteiger charge is -2.26. The van der Waals surface area contributed by atoms with Gasteiger partial charge in [-0.3, -0.25) is 9.89 Å². The van der Waals surface area contributed by atoms with E-state index in [1.54, 1.807) is 24.3 Å². The van der Waals surface area contributed by atoms with Crippen LogP contribution in [-0.2, 0) is 6.18 Å². The van der Waals surface area contributed by atoms with Crippen LogP contribution >= 0.6 is 0 Å². The van der Waals surface area contributed by atoms with E-state index in [0.29, 0.717) is 11.1 Å². The summed E-state index contributed by atoms with van der Waals surface area (Å²) in [4.78, 5) is 14.2. The van der Waals surface area contributed by atoms with Crippen molar-refractivity contribution in [2.75, 3.05) is 13.1 Å². The van der Waals surface area contributed by atoms with E-state index in [4.69, 9.17) is 0 Å². The first kappa shape index (κ1) is 15.6. The van der Waals surface area contributed by atoms with Crippen LogP contribution in [-0.4, -0.2) is 34.1 Å². The van der Waals surface area contributed by atoms with Gasteiger partial charge in [-0.25, -0.2) is 0 Å². The number of nitrogens with zero attached hydrogens (tertiary/aromatic N) is 2. The van der Waals surface area contributed by atoms with Crippen molar-refractivity contribution in [1.29, 1.82) is 0 Å². The van der Waals surface area contributed by atoms with E-state index in [9.17, 15) is 18.0 Å². The number of alkyl halides is 3. The molecule has 0 saturated carbocycles. The number of hydrogen-bond acceptors (Lipinski definition) is 2. The first-order valence-electron chi connectivity index (χ1n) is 7.47. The number of benzene rings is 1. The Morgan fingerprint density at radius 2 is 1.74 bits per heavy atom. The van der Waals surface area contributed by atoms with Gasteiger partial charge in [-0.2, -0.15) is 18.3 Å². The second-order valence-corrected chi connectivity index (χ2v) is 5.59. The van der Waals surface area contributed by atoms with Crippen molar-refractivity contribution in [3.05, 3.63) is 41.6 Å². The molecular weight excluding hydrogens is 307 g/mol. The lowest BCUT2D eigenvalue weighted by molar-refractivity contribution is -0.141. The molecule has 0 radical (unpaired) electrons. The van der Waals surface area contributed by atoms with Crippen LogP contribution < -0.4 is 0 Å². The highest BCUT2D eigenvalue weighted by molar-refractivity contribution is 5.94. The third-order valence-corrected chi connectivity index (χ3v) is 3.95. The molecule has 1 fully saturated rings. The Balaban J connectivity index is 1.76. The molecule has 2 aromatic rings. The Bertz CT molecular complexity index is 685. The zero-order valence-corrected chi connectivity index (χ0v) is 12.4. The number of aromatic amines is 1. The summed E-state index contributed by atoms with van der Waals surface area (Å²) in [6, 6.07) is 7.46. The summed E-state index contributed by atoms with van der Waals surface area (Å²) in [6.45, 7) is 1.52. The van der Waals surface area contributed by atoms with E-state index < -0.39 is 11.9 Å². The summed E-state index contributed by atoms with van der Waals surface area (Å²) >= 11 is 0. The Labute approximate surface area is 131 Å². The number of carbonyl (C=O) groups excluding carboxylic acids is 1. The summed E-state index contributed by atoms with van der Waals surface area (Å²) in [5.74, 6) is -0.0331. The minimum absolute atomic E-state index is 0.0331. The molecule has 0 aliphatic carbocycles. The van der Waals surface area contributed by atoms with Gasteiger partial charge >= 0.3 is 6.18 Å². The number of H-pyrrole nitrogens is 1. The van der Waals surface area contributed by atoms with Crippen molar-refractivity contribution in [3.8, 4) is 11.3 Å². The van der Waals surface area contributed by atoms with E-state index in [1.165, 1.54) is 0 Å². The van der Waals surface area contributed by atoms with Gasteiger partial charge < -0.3 is 4.90 Å². The molecular formula is C16H16F3N3O. The molecule has 0 bridgehead atoms. The maximum atomic E-state index is 12.6. The standard InChI is InChI=1S/C16H16F3N3O/c17-16(18,19)14-10-13(20-21-14)11-4-6-12(7-5-11)15(23)22-8-2-1-3-9-22/h4-7,10H,1-3,8-9H2,(H,20,21). The minimum atomic E-state index is -4.45. The van der Waals surface area contributed by atoms with Crippen LogP contribution in [0.1, 0.15) is 35.3 Å². The zero-order chi connectivity index (χ0) is 16.4. The van der Waals surface area contributed by atoms with Crippen LogP contribution in [0, 0.1) is 0 Å². The third kappa shape index (κ3) is 3.38. The van der Waals surface area contributed by atoms with E-state index in [2.05, 4.69) is 5.10 Å². The molecule has 23 heavy (non-hydrogen) atoms. The summed E-state index contributed by atoms with van der Waals surface area (Å²) in [6.07, 6.45) is -1.28. The molecule has 0 atom stereocenters. The number of halogens is 3. The molecule has 0 unspecified atom stereocenters. The summed E-state index contributed by atoms with van der Waals surface area (Å²) in [5.41, 5.74) is 0.393. The zero-order valence-electron chi connectivity index (χ0n) is 12.4. The topological polar surface area (TPSA) is 49.0 Å². The Kier molecular flexibility index (Phi) is 4.11. The Morgan fingerprint density at radius 1 is 1.09 bits per heavy atom. The molecule has 1 aliphatic heterocycles. The van der Waals surface area contributed by atoms with Gasteiger partial charge in [0.25, 0.3) is 5.91 Å². The van der Waals surface area contributed by atoms with Crippen LogP contribution in [0.4, 0.5) is 13.2 Å². The van der Waals surface area contributed by atoms with E-state index in [0.717, 1.165) is 38.4 Å². The molecule has 3 rings (SSSR count). The number of piperidine rings is 1. The predicted octanol–water partition coefficient (Wildman–Crippen LogP) is 3.72. The number of nitrogens with one attached hydrogen (secondary N) is 1. The van der Waals surface area contributed by atoms with Crippen LogP contribution in [0.15, 0.2) is 30.3 Å². The highest BCUT2D eigenvalue weighted by Crippen LogP contribution is 2.30. The van der Waals surface area contributed by atoms with Gasteiger partial charge in [-0.05, 0) is 37.5 Å². The van der Waals surface area contributed by atoms with Crippen molar-refractivity contribution < 1.29 is 18.0 Å². The average molecular weight is 323 g/mol. The van der Waals surface area contributed by atoms with Crippen LogP contribution in [0.2, 0.25) is 0 Å². The monoisotopic (exact) mass is 323 g/mol. The number of hydrogen-bond donors (Lipinski definition) is 1. The van der Waals surface area contributed by atoms with Gasteiger partial charge in [-0.15, -0.1) is 0 Å². The van der Waals surface area contributed by atoms with Gasteiger partial charge in [0.15, 0.2) is 0 Å². The van der Waals surface area contributed by atoms with E-state index in [1.807, 2.05) is 10.00 Å². The fraction of sp³-hybridized carbons (Fsp3) is 0.375. The quantitative estimate of drug-likeness (QED) is 0.915. The van der Waals surface area contributed by atoms with Crippen molar-refractivity contribution >= 4 is 5.91 Å². The highest BCUT2D eigenvalue weighted by Gasteiger charge is 2.33. The fourth-order valence-corrected chi connectivity index (χ4v) is 2.68. The summed E-state index contributed by atoms with van der Waals surface area (Å²) < 4.78 is 37.7.